The molecule has 2 aromatic rings. The first-order valence-electron chi connectivity index (χ1n) is 14.6. The van der Waals surface area contributed by atoms with Gasteiger partial charge >= 0.3 is 6.09 Å². The molecular weight excluding hydrogens is 538 g/mol. The largest absolute Gasteiger partial charge is 0.444 e. The maximum atomic E-state index is 13.1. The molecule has 0 aromatic heterocycles. The highest BCUT2D eigenvalue weighted by atomic mass is 35.5. The molecule has 0 aliphatic carbocycles. The number of benzene rings is 2. The lowest BCUT2D eigenvalue weighted by Crippen LogP contribution is -2.51. The van der Waals surface area contributed by atoms with E-state index >= 15 is 0 Å². The second-order valence-corrected chi connectivity index (χ2v) is 13.2. The summed E-state index contributed by atoms with van der Waals surface area (Å²) in [5.41, 5.74) is 3.17. The van der Waals surface area contributed by atoms with Crippen molar-refractivity contribution in [2.75, 3.05) is 55.6 Å². The lowest BCUT2D eigenvalue weighted by atomic mass is 9.76. The van der Waals surface area contributed by atoms with Gasteiger partial charge in [-0.25, -0.2) is 4.79 Å². The van der Waals surface area contributed by atoms with Gasteiger partial charge in [-0.15, -0.1) is 0 Å². The average molecular weight is 578 g/mol. The van der Waals surface area contributed by atoms with Crippen LogP contribution in [0.4, 0.5) is 16.2 Å². The smallest absolute Gasteiger partial charge is 0.410 e. The molecule has 41 heavy (non-hydrogen) atoms. The van der Waals surface area contributed by atoms with E-state index in [1.807, 2.05) is 56.0 Å². The van der Waals surface area contributed by atoms with Crippen molar-refractivity contribution < 1.29 is 14.3 Å². The Hall–Kier alpha value is -3.44. The number of nitrogens with zero attached hydrogens (tertiary/aromatic N) is 5. The monoisotopic (exact) mass is 577 g/mol. The number of halogens is 1. The molecule has 1 spiro atoms. The molecule has 1 atom stereocenters. The summed E-state index contributed by atoms with van der Waals surface area (Å²) in [6, 6.07) is 16.3. The van der Waals surface area contributed by atoms with Crippen LogP contribution in [0.1, 0.15) is 62.9 Å². The summed E-state index contributed by atoms with van der Waals surface area (Å²) in [7, 11) is 0. The minimum absolute atomic E-state index is 0.000858. The minimum Gasteiger partial charge on any atom is -0.444 e. The molecule has 0 N–H and O–H groups in total. The number of piperidine rings is 1. The van der Waals surface area contributed by atoms with Crippen LogP contribution in [0.2, 0.25) is 5.02 Å². The predicted octanol–water partition coefficient (Wildman–Crippen LogP) is 5.79. The molecule has 3 aliphatic rings. The topological polar surface area (TPSA) is 80.1 Å². The second-order valence-electron chi connectivity index (χ2n) is 12.8. The fraction of sp³-hybridized carbons (Fsp3) is 0.531. The normalized spacial score (nSPS) is 20.7. The Morgan fingerprint density at radius 3 is 2.15 bits per heavy atom. The summed E-state index contributed by atoms with van der Waals surface area (Å²) >= 11 is 6.33. The quantitative estimate of drug-likeness (QED) is 0.459. The fourth-order valence-corrected chi connectivity index (χ4v) is 6.67. The molecule has 218 valence electrons. The van der Waals surface area contributed by atoms with Crippen LogP contribution in [0.25, 0.3) is 0 Å². The van der Waals surface area contributed by atoms with Gasteiger partial charge in [0, 0.05) is 68.8 Å². The summed E-state index contributed by atoms with van der Waals surface area (Å²) in [5, 5.41) is 9.72. The number of hydrogen-bond donors (Lipinski definition) is 0. The molecular formula is C32H40ClN5O3. The summed E-state index contributed by atoms with van der Waals surface area (Å²) < 4.78 is 5.46. The summed E-state index contributed by atoms with van der Waals surface area (Å²) in [5.74, 6) is 0.000858. The van der Waals surface area contributed by atoms with Crippen LogP contribution in [-0.2, 0) is 4.74 Å². The third kappa shape index (κ3) is 6.41. The summed E-state index contributed by atoms with van der Waals surface area (Å²) in [4.78, 5) is 33.8. The number of nitriles is 1. The maximum absolute atomic E-state index is 13.1. The van der Waals surface area contributed by atoms with Crippen LogP contribution in [0, 0.1) is 16.7 Å². The molecule has 3 heterocycles. The predicted molar refractivity (Wildman–Crippen MR) is 162 cm³/mol. The molecule has 2 amide bonds. The van der Waals surface area contributed by atoms with Gasteiger partial charge in [-0.1, -0.05) is 11.6 Å². The van der Waals surface area contributed by atoms with E-state index in [0.717, 1.165) is 50.3 Å². The fourth-order valence-electron chi connectivity index (χ4n) is 6.46. The standard InChI is InChI=1S/C32H40ClN5O3/c1-23-20-32(22-38(23)27-10-7-25(21-34)28(33)19-27)11-13-35(14-12-32)26-8-5-24(6-9-26)29(39)36-15-17-37(18-16-36)30(40)41-31(2,3)4/h5-10,19,23H,11-18,20,22H2,1-4H3/t23-/m0/s1. The van der Waals surface area contributed by atoms with Gasteiger partial charge in [0.1, 0.15) is 11.7 Å². The number of piperazine rings is 1. The van der Waals surface area contributed by atoms with Gasteiger partial charge in [0.15, 0.2) is 0 Å². The van der Waals surface area contributed by atoms with Crippen molar-refractivity contribution in [2.24, 2.45) is 5.41 Å². The van der Waals surface area contributed by atoms with Gasteiger partial charge in [-0.2, -0.15) is 5.26 Å². The Labute approximate surface area is 248 Å². The van der Waals surface area contributed by atoms with Crippen LogP contribution in [0.3, 0.4) is 0 Å². The van der Waals surface area contributed by atoms with Crippen LogP contribution in [0.5, 0.6) is 0 Å². The zero-order valence-electron chi connectivity index (χ0n) is 24.5. The van der Waals surface area contributed by atoms with Crippen molar-refractivity contribution in [3.8, 4) is 6.07 Å². The van der Waals surface area contributed by atoms with E-state index in [4.69, 9.17) is 16.3 Å². The first-order valence-corrected chi connectivity index (χ1v) is 14.9. The lowest BCUT2D eigenvalue weighted by molar-refractivity contribution is 0.0141. The number of carbonyl (C=O) groups is 2. The summed E-state index contributed by atoms with van der Waals surface area (Å²) in [6.45, 7) is 12.8. The molecule has 3 fully saturated rings. The molecule has 8 nitrogen and oxygen atoms in total. The van der Waals surface area contributed by atoms with Crippen molar-refractivity contribution >= 4 is 35.0 Å². The van der Waals surface area contributed by atoms with Gasteiger partial charge in [-0.05, 0) is 94.8 Å². The molecule has 0 radical (unpaired) electrons. The Morgan fingerprint density at radius 2 is 1.56 bits per heavy atom. The third-order valence-electron chi connectivity index (χ3n) is 8.69. The van der Waals surface area contributed by atoms with Gasteiger partial charge in [0.25, 0.3) is 5.91 Å². The first-order chi connectivity index (χ1) is 19.5. The Morgan fingerprint density at radius 1 is 0.951 bits per heavy atom. The Kier molecular flexibility index (Phi) is 8.11. The molecule has 3 saturated heterocycles. The number of hydrogen-bond acceptors (Lipinski definition) is 6. The SMILES string of the molecule is C[C@H]1CC2(CCN(c3ccc(C(=O)N4CCN(C(=O)OC(C)(C)C)CC4)cc3)CC2)CN1c1ccc(C#N)c(Cl)c1. The molecule has 3 aliphatic heterocycles. The van der Waals surface area contributed by atoms with Crippen LogP contribution in [-0.4, -0.2) is 79.3 Å². The second kappa shape index (κ2) is 11.4. The van der Waals surface area contributed by atoms with Crippen molar-refractivity contribution in [1.29, 1.82) is 5.26 Å². The van der Waals surface area contributed by atoms with Gasteiger partial charge < -0.3 is 24.3 Å². The van der Waals surface area contributed by atoms with Gasteiger partial charge in [-0.3, -0.25) is 4.79 Å². The van der Waals surface area contributed by atoms with Crippen molar-refractivity contribution in [1.82, 2.24) is 9.80 Å². The number of rotatable bonds is 3. The average Bonchev–Trinajstić information content (AvgIpc) is 3.27. The van der Waals surface area contributed by atoms with E-state index in [9.17, 15) is 14.9 Å². The Bertz CT molecular complexity index is 1320. The zero-order valence-corrected chi connectivity index (χ0v) is 25.3. The van der Waals surface area contributed by atoms with Crippen LogP contribution in [0.15, 0.2) is 42.5 Å². The number of amides is 2. The Balaban J connectivity index is 1.14. The van der Waals surface area contributed by atoms with Crippen LogP contribution < -0.4 is 9.80 Å². The van der Waals surface area contributed by atoms with E-state index in [1.165, 1.54) is 0 Å². The molecule has 0 bridgehead atoms. The van der Waals surface area contributed by atoms with Crippen molar-refractivity contribution in [2.45, 2.75) is 58.6 Å². The van der Waals surface area contributed by atoms with E-state index in [-0.39, 0.29) is 17.4 Å². The molecule has 9 heteroatoms. The number of anilines is 2. The van der Waals surface area contributed by atoms with Crippen molar-refractivity contribution in [3.05, 3.63) is 58.6 Å². The minimum atomic E-state index is -0.530. The molecule has 0 unspecified atom stereocenters. The van der Waals surface area contributed by atoms with E-state index in [1.54, 1.807) is 4.90 Å². The molecule has 0 saturated carbocycles. The zero-order chi connectivity index (χ0) is 29.4. The number of carbonyl (C=O) groups excluding carboxylic acids is 2. The van der Waals surface area contributed by atoms with Gasteiger partial charge in [0.2, 0.25) is 0 Å². The lowest BCUT2D eigenvalue weighted by Gasteiger charge is -2.40. The van der Waals surface area contributed by atoms with Crippen LogP contribution >= 0.6 is 11.6 Å². The van der Waals surface area contributed by atoms with E-state index < -0.39 is 5.60 Å². The van der Waals surface area contributed by atoms with Crippen molar-refractivity contribution in [3.63, 3.8) is 0 Å². The van der Waals surface area contributed by atoms with E-state index in [2.05, 4.69) is 34.9 Å². The van der Waals surface area contributed by atoms with Gasteiger partial charge in [0.05, 0.1) is 10.6 Å². The van der Waals surface area contributed by atoms with E-state index in [0.29, 0.717) is 48.4 Å². The highest BCUT2D eigenvalue weighted by Crippen LogP contribution is 2.46. The first kappa shape index (κ1) is 29.1. The summed E-state index contributed by atoms with van der Waals surface area (Å²) in [6.07, 6.45) is 3.05. The molecule has 2 aromatic carbocycles. The number of ether oxygens (including phenoxy) is 1. The highest BCUT2D eigenvalue weighted by Gasteiger charge is 2.44. The maximum Gasteiger partial charge on any atom is 0.410 e. The highest BCUT2D eigenvalue weighted by molar-refractivity contribution is 6.32. The molecule has 5 rings (SSSR count). The third-order valence-corrected chi connectivity index (χ3v) is 9.01.